The Labute approximate surface area is 90.0 Å². The molecule has 4 heteroatoms. The molecule has 1 heterocycles. The minimum absolute atomic E-state index is 0.244. The molecule has 1 atom stereocenters. The summed E-state index contributed by atoms with van der Waals surface area (Å²) < 4.78 is 5.44. The lowest BCUT2D eigenvalue weighted by Crippen LogP contribution is -2.59. The maximum Gasteiger partial charge on any atom is 0.326 e. The van der Waals surface area contributed by atoms with Gasteiger partial charge in [0.2, 0.25) is 0 Å². The van der Waals surface area contributed by atoms with E-state index in [-0.39, 0.29) is 5.92 Å². The molecule has 0 aromatic carbocycles. The first-order valence-electron chi connectivity index (χ1n) is 5.82. The molecule has 0 amide bonds. The van der Waals surface area contributed by atoms with Crippen molar-refractivity contribution in [2.45, 2.75) is 37.6 Å². The molecule has 1 saturated heterocycles. The van der Waals surface area contributed by atoms with Gasteiger partial charge < -0.3 is 9.84 Å². The van der Waals surface area contributed by atoms with Gasteiger partial charge in [0.1, 0.15) is 5.54 Å². The highest BCUT2D eigenvalue weighted by Crippen LogP contribution is 2.35. The van der Waals surface area contributed by atoms with Gasteiger partial charge in [-0.1, -0.05) is 12.8 Å². The van der Waals surface area contributed by atoms with E-state index in [2.05, 4.69) is 5.32 Å². The van der Waals surface area contributed by atoms with Gasteiger partial charge >= 0.3 is 5.97 Å². The molecule has 2 aliphatic rings. The molecular weight excluding hydrogens is 194 g/mol. The van der Waals surface area contributed by atoms with Crippen LogP contribution in [0.5, 0.6) is 0 Å². The predicted molar refractivity (Wildman–Crippen MR) is 55.8 cm³/mol. The number of carbonyl (C=O) groups is 1. The first-order chi connectivity index (χ1) is 7.26. The van der Waals surface area contributed by atoms with Crippen LogP contribution in [-0.4, -0.2) is 36.4 Å². The topological polar surface area (TPSA) is 58.6 Å². The minimum atomic E-state index is -0.812. The van der Waals surface area contributed by atoms with Crippen LogP contribution in [-0.2, 0) is 9.53 Å². The maximum atomic E-state index is 11.5. The zero-order valence-corrected chi connectivity index (χ0v) is 9.00. The van der Waals surface area contributed by atoms with Crippen molar-refractivity contribution in [1.82, 2.24) is 5.32 Å². The monoisotopic (exact) mass is 213 g/mol. The molecule has 0 bridgehead atoms. The molecule has 1 saturated carbocycles. The molecule has 0 spiro atoms. The van der Waals surface area contributed by atoms with E-state index in [1.54, 1.807) is 0 Å². The molecule has 0 aromatic heterocycles. The first-order valence-corrected chi connectivity index (χ1v) is 5.82. The standard InChI is InChI=1S/C11H19NO3/c13-10(14)11(9-4-1-2-5-9)8-15-7-3-6-12-11/h9,12H,1-8H2,(H,13,14). The molecule has 0 radical (unpaired) electrons. The number of ether oxygens (including phenoxy) is 1. The van der Waals surface area contributed by atoms with Crippen LogP contribution in [0.2, 0.25) is 0 Å². The highest BCUT2D eigenvalue weighted by Gasteiger charge is 2.47. The van der Waals surface area contributed by atoms with E-state index in [0.29, 0.717) is 13.2 Å². The van der Waals surface area contributed by atoms with Gasteiger partial charge in [0.05, 0.1) is 6.61 Å². The van der Waals surface area contributed by atoms with Crippen LogP contribution in [0, 0.1) is 5.92 Å². The summed E-state index contributed by atoms with van der Waals surface area (Å²) in [6.07, 6.45) is 5.25. The fourth-order valence-electron chi connectivity index (χ4n) is 2.76. The second-order valence-corrected chi connectivity index (χ2v) is 4.59. The Morgan fingerprint density at radius 3 is 2.73 bits per heavy atom. The van der Waals surface area contributed by atoms with Gasteiger partial charge in [-0.05, 0) is 31.7 Å². The molecule has 2 rings (SSSR count). The molecule has 0 aromatic rings. The van der Waals surface area contributed by atoms with Gasteiger partial charge in [-0.3, -0.25) is 10.1 Å². The van der Waals surface area contributed by atoms with Crippen LogP contribution in [0.15, 0.2) is 0 Å². The molecule has 1 unspecified atom stereocenters. The van der Waals surface area contributed by atoms with Crippen LogP contribution in [0.1, 0.15) is 32.1 Å². The summed E-state index contributed by atoms with van der Waals surface area (Å²) in [4.78, 5) is 11.5. The van der Waals surface area contributed by atoms with E-state index >= 15 is 0 Å². The fraction of sp³-hybridized carbons (Fsp3) is 0.909. The van der Waals surface area contributed by atoms with Crippen molar-refractivity contribution >= 4 is 5.97 Å². The number of carboxylic acids is 1. The van der Waals surface area contributed by atoms with E-state index in [4.69, 9.17) is 4.74 Å². The zero-order chi connectivity index (χ0) is 10.7. The average Bonchev–Trinajstić information content (AvgIpc) is 2.63. The molecule has 86 valence electrons. The molecule has 1 aliphatic carbocycles. The SMILES string of the molecule is O=C(O)C1(C2CCCC2)COCCCN1. The van der Waals surface area contributed by atoms with Crippen LogP contribution in [0.4, 0.5) is 0 Å². The Balaban J connectivity index is 2.16. The molecule has 2 N–H and O–H groups in total. The lowest BCUT2D eigenvalue weighted by molar-refractivity contribution is -0.150. The third kappa shape index (κ3) is 2.01. The first kappa shape index (κ1) is 10.9. The van der Waals surface area contributed by atoms with Crippen LogP contribution < -0.4 is 5.32 Å². The summed E-state index contributed by atoms with van der Waals surface area (Å²) in [5.41, 5.74) is -0.812. The van der Waals surface area contributed by atoms with Crippen molar-refractivity contribution < 1.29 is 14.6 Å². The van der Waals surface area contributed by atoms with E-state index < -0.39 is 11.5 Å². The summed E-state index contributed by atoms with van der Waals surface area (Å²) in [7, 11) is 0. The van der Waals surface area contributed by atoms with E-state index in [1.807, 2.05) is 0 Å². The van der Waals surface area contributed by atoms with E-state index in [0.717, 1.165) is 38.6 Å². The lowest BCUT2D eigenvalue weighted by Gasteiger charge is -2.34. The van der Waals surface area contributed by atoms with E-state index in [1.165, 1.54) is 0 Å². The Hall–Kier alpha value is -0.610. The third-order valence-electron chi connectivity index (χ3n) is 3.67. The zero-order valence-electron chi connectivity index (χ0n) is 9.00. The smallest absolute Gasteiger partial charge is 0.326 e. The fourth-order valence-corrected chi connectivity index (χ4v) is 2.76. The summed E-state index contributed by atoms with van der Waals surface area (Å²) >= 11 is 0. The number of aliphatic carboxylic acids is 1. The second kappa shape index (κ2) is 4.49. The number of hydrogen-bond acceptors (Lipinski definition) is 3. The predicted octanol–water partition coefficient (Wildman–Crippen LogP) is 1.01. The van der Waals surface area contributed by atoms with Crippen LogP contribution >= 0.6 is 0 Å². The second-order valence-electron chi connectivity index (χ2n) is 4.59. The van der Waals surface area contributed by atoms with Crippen molar-refractivity contribution in [1.29, 1.82) is 0 Å². The van der Waals surface area contributed by atoms with Gasteiger partial charge in [0, 0.05) is 6.61 Å². The van der Waals surface area contributed by atoms with Gasteiger partial charge in [0.15, 0.2) is 0 Å². The number of carboxylic acid groups (broad SMARTS) is 1. The Kier molecular flexibility index (Phi) is 3.26. The van der Waals surface area contributed by atoms with Gasteiger partial charge in [-0.15, -0.1) is 0 Å². The lowest BCUT2D eigenvalue weighted by atomic mass is 9.83. The van der Waals surface area contributed by atoms with Crippen molar-refractivity contribution in [2.75, 3.05) is 19.8 Å². The highest BCUT2D eigenvalue weighted by molar-refractivity contribution is 5.79. The molecule has 15 heavy (non-hydrogen) atoms. The average molecular weight is 213 g/mol. The Morgan fingerprint density at radius 1 is 1.33 bits per heavy atom. The summed E-state index contributed by atoms with van der Waals surface area (Å²) in [6, 6.07) is 0. The highest BCUT2D eigenvalue weighted by atomic mass is 16.5. The molecule has 1 aliphatic heterocycles. The minimum Gasteiger partial charge on any atom is -0.480 e. The number of nitrogens with one attached hydrogen (secondary N) is 1. The Morgan fingerprint density at radius 2 is 2.07 bits per heavy atom. The van der Waals surface area contributed by atoms with Gasteiger partial charge in [-0.25, -0.2) is 0 Å². The van der Waals surface area contributed by atoms with Crippen molar-refractivity contribution in [3.05, 3.63) is 0 Å². The maximum absolute atomic E-state index is 11.5. The summed E-state index contributed by atoms with van der Waals surface area (Å²) in [6.45, 7) is 1.75. The molecule has 4 nitrogen and oxygen atoms in total. The van der Waals surface area contributed by atoms with Crippen LogP contribution in [0.25, 0.3) is 0 Å². The third-order valence-corrected chi connectivity index (χ3v) is 3.67. The molecular formula is C11H19NO3. The van der Waals surface area contributed by atoms with E-state index in [9.17, 15) is 9.90 Å². The van der Waals surface area contributed by atoms with Crippen molar-refractivity contribution in [3.63, 3.8) is 0 Å². The van der Waals surface area contributed by atoms with Crippen LogP contribution in [0.3, 0.4) is 0 Å². The Bertz CT molecular complexity index is 228. The molecule has 2 fully saturated rings. The van der Waals surface area contributed by atoms with Gasteiger partial charge in [-0.2, -0.15) is 0 Å². The largest absolute Gasteiger partial charge is 0.480 e. The summed E-state index contributed by atoms with van der Waals surface area (Å²) in [5, 5.41) is 12.6. The number of rotatable bonds is 2. The van der Waals surface area contributed by atoms with Crippen molar-refractivity contribution in [3.8, 4) is 0 Å². The number of hydrogen-bond donors (Lipinski definition) is 2. The van der Waals surface area contributed by atoms with Crippen molar-refractivity contribution in [2.24, 2.45) is 5.92 Å². The van der Waals surface area contributed by atoms with Gasteiger partial charge in [0.25, 0.3) is 0 Å². The normalized spacial score (nSPS) is 33.9. The quantitative estimate of drug-likeness (QED) is 0.718. The summed E-state index contributed by atoms with van der Waals surface area (Å²) in [5.74, 6) is -0.496.